The molecule has 1 rings (SSSR count). The summed E-state index contributed by atoms with van der Waals surface area (Å²) in [7, 11) is 1.58. The van der Waals surface area contributed by atoms with Gasteiger partial charge in [0.2, 0.25) is 0 Å². The third-order valence-corrected chi connectivity index (χ3v) is 2.06. The summed E-state index contributed by atoms with van der Waals surface area (Å²) in [6.07, 6.45) is 1.39. The van der Waals surface area contributed by atoms with Crippen LogP contribution in [0.3, 0.4) is 0 Å². The summed E-state index contributed by atoms with van der Waals surface area (Å²) in [6.45, 7) is 0. The van der Waals surface area contributed by atoms with Crippen LogP contribution in [0.25, 0.3) is 0 Å². The molecule has 0 saturated carbocycles. The summed E-state index contributed by atoms with van der Waals surface area (Å²) in [5.74, 6) is -0.616. The molecule has 12 heavy (non-hydrogen) atoms. The Labute approximate surface area is 71.5 Å². The molecule has 0 radical (unpaired) electrons. The molecule has 3 N–H and O–H groups in total. The molecule has 1 atom stereocenters. The van der Waals surface area contributed by atoms with Crippen molar-refractivity contribution < 1.29 is 13.6 Å². The fraction of sp³-hybridized carbons (Fsp3) is 0.167. The van der Waals surface area contributed by atoms with Crippen molar-refractivity contribution in [3.63, 3.8) is 0 Å². The molecule has 0 aromatic carbocycles. The predicted molar refractivity (Wildman–Crippen MR) is 43.0 cm³/mol. The van der Waals surface area contributed by atoms with E-state index < -0.39 is 17.0 Å². The van der Waals surface area contributed by atoms with E-state index in [0.717, 1.165) is 0 Å². The average Bonchev–Trinajstić information content (AvgIpc) is 2.30. The third kappa shape index (κ3) is 1.54. The summed E-state index contributed by atoms with van der Waals surface area (Å²) >= 11 is -2.06. The number of amides is 1. The Morgan fingerprint density at radius 2 is 2.33 bits per heavy atom. The molecular weight excluding hydrogens is 180 g/mol. The molecule has 0 saturated heterocycles. The van der Waals surface area contributed by atoms with Gasteiger partial charge in [0.1, 0.15) is 5.69 Å². The molecule has 0 aliphatic rings. The molecule has 0 spiro atoms. The maximum atomic E-state index is 10.7. The fourth-order valence-corrected chi connectivity index (χ4v) is 1.34. The first-order valence-corrected chi connectivity index (χ1v) is 4.20. The van der Waals surface area contributed by atoms with Crippen molar-refractivity contribution in [3.8, 4) is 0 Å². The minimum Gasteiger partial charge on any atom is -0.364 e. The van der Waals surface area contributed by atoms with Crippen molar-refractivity contribution in [3.05, 3.63) is 18.0 Å². The second-order valence-electron chi connectivity index (χ2n) is 2.29. The van der Waals surface area contributed by atoms with Crippen LogP contribution < -0.4 is 5.73 Å². The van der Waals surface area contributed by atoms with Crippen LogP contribution in [0.5, 0.6) is 0 Å². The third-order valence-electron chi connectivity index (χ3n) is 1.43. The Kier molecular flexibility index (Phi) is 2.30. The highest BCUT2D eigenvalue weighted by atomic mass is 32.2. The highest BCUT2D eigenvalue weighted by Crippen LogP contribution is 2.09. The van der Waals surface area contributed by atoms with Gasteiger partial charge in [0.25, 0.3) is 5.91 Å². The summed E-state index contributed by atoms with van der Waals surface area (Å²) in [6, 6.07) is 1.29. The van der Waals surface area contributed by atoms with Gasteiger partial charge < -0.3 is 14.9 Å². The maximum absolute atomic E-state index is 10.7. The van der Waals surface area contributed by atoms with Gasteiger partial charge in [-0.05, 0) is 6.07 Å². The van der Waals surface area contributed by atoms with E-state index in [0.29, 0.717) is 0 Å². The van der Waals surface area contributed by atoms with Crippen LogP contribution in [0.2, 0.25) is 0 Å². The standard InChI is InChI=1S/C6H8N2O3S/c1-8-3-4(12(10)11)2-5(8)6(7)9/h2-3H,1H3,(H2,7,9)(H,10,11). The number of hydrogen-bond acceptors (Lipinski definition) is 2. The maximum Gasteiger partial charge on any atom is 0.265 e. The second-order valence-corrected chi connectivity index (χ2v) is 3.26. The number of hydrogen-bond donors (Lipinski definition) is 2. The number of aryl methyl sites for hydroxylation is 1. The van der Waals surface area contributed by atoms with Crippen molar-refractivity contribution in [2.75, 3.05) is 0 Å². The summed E-state index contributed by atoms with van der Waals surface area (Å²) in [5, 5.41) is 0. The van der Waals surface area contributed by atoms with Gasteiger partial charge in [0.15, 0.2) is 11.1 Å². The van der Waals surface area contributed by atoms with E-state index in [1.165, 1.54) is 16.8 Å². The second kappa shape index (κ2) is 3.08. The number of carbonyl (C=O) groups excluding carboxylic acids is 1. The van der Waals surface area contributed by atoms with E-state index in [4.69, 9.17) is 10.3 Å². The van der Waals surface area contributed by atoms with Crippen molar-refractivity contribution in [2.45, 2.75) is 4.90 Å². The molecule has 6 heteroatoms. The van der Waals surface area contributed by atoms with Gasteiger partial charge in [0, 0.05) is 13.2 Å². The number of aromatic nitrogens is 1. The molecule has 5 nitrogen and oxygen atoms in total. The van der Waals surface area contributed by atoms with E-state index >= 15 is 0 Å². The van der Waals surface area contributed by atoms with Crippen LogP contribution in [0.4, 0.5) is 0 Å². The molecule has 1 aromatic rings. The number of rotatable bonds is 2. The molecule has 66 valence electrons. The minimum absolute atomic E-state index is 0.173. The van der Waals surface area contributed by atoms with E-state index in [1.54, 1.807) is 7.05 Å². The lowest BCUT2D eigenvalue weighted by molar-refractivity contribution is 0.0992. The largest absolute Gasteiger partial charge is 0.364 e. The first-order chi connectivity index (χ1) is 5.52. The van der Waals surface area contributed by atoms with Crippen LogP contribution >= 0.6 is 0 Å². The molecule has 1 amide bonds. The lowest BCUT2D eigenvalue weighted by Crippen LogP contribution is -2.14. The van der Waals surface area contributed by atoms with Gasteiger partial charge in [-0.25, -0.2) is 4.21 Å². The molecule has 1 unspecified atom stereocenters. The van der Waals surface area contributed by atoms with Gasteiger partial charge in [-0.15, -0.1) is 0 Å². The topological polar surface area (TPSA) is 85.3 Å². The SMILES string of the molecule is Cn1cc(S(=O)O)cc1C(N)=O. The van der Waals surface area contributed by atoms with Gasteiger partial charge in [0.05, 0.1) is 4.90 Å². The number of carbonyl (C=O) groups is 1. The molecule has 0 fully saturated rings. The lowest BCUT2D eigenvalue weighted by atomic mass is 10.4. The number of nitrogens with two attached hydrogens (primary N) is 1. The van der Waals surface area contributed by atoms with E-state index in [1.807, 2.05) is 0 Å². The highest BCUT2D eigenvalue weighted by Gasteiger charge is 2.10. The van der Waals surface area contributed by atoms with Crippen LogP contribution in [0, 0.1) is 0 Å². The van der Waals surface area contributed by atoms with Crippen LogP contribution in [0.1, 0.15) is 10.5 Å². The van der Waals surface area contributed by atoms with E-state index in [9.17, 15) is 9.00 Å². The van der Waals surface area contributed by atoms with Gasteiger partial charge in [-0.1, -0.05) is 0 Å². The van der Waals surface area contributed by atoms with Gasteiger partial charge in [-0.2, -0.15) is 0 Å². The zero-order valence-corrected chi connectivity index (χ0v) is 7.17. The van der Waals surface area contributed by atoms with E-state index in [2.05, 4.69) is 0 Å². The van der Waals surface area contributed by atoms with Crippen molar-refractivity contribution in [2.24, 2.45) is 12.8 Å². The highest BCUT2D eigenvalue weighted by molar-refractivity contribution is 7.79. The molecule has 0 aliphatic carbocycles. The number of nitrogens with zero attached hydrogens (tertiary/aromatic N) is 1. The normalized spacial score (nSPS) is 12.8. The van der Waals surface area contributed by atoms with Gasteiger partial charge in [-0.3, -0.25) is 4.79 Å². The predicted octanol–water partition coefficient (Wildman–Crippen LogP) is -0.295. The van der Waals surface area contributed by atoms with Crippen LogP contribution in [-0.4, -0.2) is 19.2 Å². The molecule has 0 bridgehead atoms. The first-order valence-electron chi connectivity index (χ1n) is 3.09. The molecule has 0 aliphatic heterocycles. The smallest absolute Gasteiger partial charge is 0.265 e. The minimum atomic E-state index is -2.06. The first kappa shape index (κ1) is 8.95. The van der Waals surface area contributed by atoms with Crippen LogP contribution in [-0.2, 0) is 18.1 Å². The quantitative estimate of drug-likeness (QED) is 0.625. The zero-order chi connectivity index (χ0) is 9.30. The Hall–Kier alpha value is -1.14. The van der Waals surface area contributed by atoms with Crippen molar-refractivity contribution in [1.82, 2.24) is 4.57 Å². The average molecular weight is 188 g/mol. The monoisotopic (exact) mass is 188 g/mol. The lowest BCUT2D eigenvalue weighted by Gasteiger charge is -1.94. The van der Waals surface area contributed by atoms with Crippen LogP contribution in [0.15, 0.2) is 17.2 Å². The Morgan fingerprint density at radius 3 is 2.58 bits per heavy atom. The summed E-state index contributed by atoms with van der Waals surface area (Å²) < 4.78 is 20.6. The molecule has 1 heterocycles. The summed E-state index contributed by atoms with van der Waals surface area (Å²) in [5.41, 5.74) is 5.20. The van der Waals surface area contributed by atoms with Crippen molar-refractivity contribution >= 4 is 17.0 Å². The van der Waals surface area contributed by atoms with E-state index in [-0.39, 0.29) is 10.6 Å². The Morgan fingerprint density at radius 1 is 1.75 bits per heavy atom. The van der Waals surface area contributed by atoms with Crippen molar-refractivity contribution in [1.29, 1.82) is 0 Å². The fourth-order valence-electron chi connectivity index (χ4n) is 0.875. The Bertz CT molecular complexity index is 345. The summed E-state index contributed by atoms with van der Waals surface area (Å²) in [4.78, 5) is 10.9. The Balaban J connectivity index is 3.17. The van der Waals surface area contributed by atoms with Gasteiger partial charge >= 0.3 is 0 Å². The number of primary amides is 1. The molecular formula is C6H8N2O3S. The molecule has 1 aromatic heterocycles. The zero-order valence-electron chi connectivity index (χ0n) is 6.35.